The highest BCUT2D eigenvalue weighted by molar-refractivity contribution is 5.95. The smallest absolute Gasteiger partial charge is 0.410 e. The first kappa shape index (κ1) is 42.5. The second-order valence-corrected chi connectivity index (χ2v) is 12.2. The zero-order valence-electron chi connectivity index (χ0n) is 29.9. The van der Waals surface area contributed by atoms with Crippen LogP contribution in [-0.4, -0.2) is 82.3 Å². The second-order valence-electron chi connectivity index (χ2n) is 12.2. The number of hydrogen-bond donors (Lipinski definition) is 4. The number of nitrogens with two attached hydrogens (primary N) is 1. The fraction of sp³-hybridized carbons (Fsp3) is 0.472. The molecule has 2 aliphatic heterocycles. The van der Waals surface area contributed by atoms with Crippen molar-refractivity contribution in [2.75, 3.05) is 38.5 Å². The van der Waals surface area contributed by atoms with Crippen molar-refractivity contribution in [1.29, 1.82) is 5.41 Å². The summed E-state index contributed by atoms with van der Waals surface area (Å²) in [6.45, 7) is 9.07. The van der Waals surface area contributed by atoms with Gasteiger partial charge in [-0.15, -0.1) is 0 Å². The molecule has 3 aromatic rings. The van der Waals surface area contributed by atoms with Gasteiger partial charge in [0.25, 0.3) is 0 Å². The first-order valence-corrected chi connectivity index (χ1v) is 17.0. The highest BCUT2D eigenvalue weighted by Crippen LogP contribution is 2.25. The number of amides is 2. The summed E-state index contributed by atoms with van der Waals surface area (Å²) in [5.74, 6) is 4.38. The van der Waals surface area contributed by atoms with Gasteiger partial charge in [0.05, 0.1) is 30.8 Å². The third-order valence-corrected chi connectivity index (χ3v) is 8.14. The molecule has 0 spiro atoms. The molecule has 14 nitrogen and oxygen atoms in total. The van der Waals surface area contributed by atoms with Gasteiger partial charge in [-0.2, -0.15) is 10.5 Å². The fourth-order valence-corrected chi connectivity index (χ4v) is 5.46. The Hall–Kier alpha value is -4.66. The minimum atomic E-state index is -0.253. The topological polar surface area (TPSA) is 193 Å². The number of nitrogens with zero attached hydrogens (tertiary/aromatic N) is 4. The molecular weight excluding hydrogens is 676 g/mol. The van der Waals surface area contributed by atoms with Gasteiger partial charge in [0.15, 0.2) is 5.90 Å². The molecule has 0 saturated carbocycles. The molecule has 15 heteroatoms. The van der Waals surface area contributed by atoms with Crippen LogP contribution >= 0.6 is 0 Å². The van der Waals surface area contributed by atoms with E-state index in [1.165, 1.54) is 6.92 Å². The van der Waals surface area contributed by atoms with Gasteiger partial charge in [-0.25, -0.2) is 14.3 Å². The van der Waals surface area contributed by atoms with Gasteiger partial charge in [-0.1, -0.05) is 60.7 Å². The average Bonchev–Trinajstić information content (AvgIpc) is 3.48. The molecule has 0 bridgehead atoms. The summed E-state index contributed by atoms with van der Waals surface area (Å²) in [6.07, 6.45) is 3.19. The Morgan fingerprint density at radius 2 is 1.33 bits per heavy atom. The van der Waals surface area contributed by atoms with E-state index in [1.54, 1.807) is 16.7 Å². The number of quaternary nitrogens is 1. The second kappa shape index (κ2) is 22.9. The van der Waals surface area contributed by atoms with Crippen molar-refractivity contribution in [2.45, 2.75) is 78.2 Å². The van der Waals surface area contributed by atoms with Gasteiger partial charge in [0, 0.05) is 32.2 Å². The Balaban J connectivity index is 0.000000288. The summed E-state index contributed by atoms with van der Waals surface area (Å²) in [7, 11) is 0. The Bertz CT molecular complexity index is 1480. The van der Waals surface area contributed by atoms with Crippen LogP contribution in [0.1, 0.15) is 68.8 Å². The van der Waals surface area contributed by atoms with Crippen LogP contribution in [0.25, 0.3) is 0 Å². The minimum absolute atomic E-state index is 0. The Kier molecular flexibility index (Phi) is 19.1. The number of ether oxygens (including phenoxy) is 3. The van der Waals surface area contributed by atoms with E-state index in [4.69, 9.17) is 25.4 Å². The molecule has 2 aromatic carbocycles. The maximum atomic E-state index is 12.1. The van der Waals surface area contributed by atoms with E-state index in [0.29, 0.717) is 44.8 Å². The predicted octanol–water partition coefficient (Wildman–Crippen LogP) is 1.26. The number of ketones is 1. The highest BCUT2D eigenvalue weighted by atomic mass is 35.5. The van der Waals surface area contributed by atoms with Crippen LogP contribution in [0, 0.1) is 12.3 Å². The van der Waals surface area contributed by atoms with Crippen LogP contribution in [-0.2, 0) is 32.2 Å². The Morgan fingerprint density at radius 3 is 1.73 bits per heavy atom. The quantitative estimate of drug-likeness (QED) is 0.143. The number of nitrogen functional groups attached to an aromatic ring is 1. The summed E-state index contributed by atoms with van der Waals surface area (Å²) in [5.41, 5.74) is 11.9. The molecule has 7 N–H and O–H groups in total. The SMILES string of the molecule is CCOC(=N)CC(C)=O.Cc1cc(N)n(C2CCN(C(=O)OCc3ccccc3)CC2)n1.[Cl-].[NH3+]NC1CCN(C(=O)OCc2ccccc2)CC1. The number of carbonyl (C=O) groups excluding carboxylic acids is 3. The largest absolute Gasteiger partial charge is 1.00 e. The number of hydrogen-bond acceptors (Lipinski definition) is 10. The van der Waals surface area contributed by atoms with Crippen LogP contribution in [0.3, 0.4) is 0 Å². The number of halogens is 1. The van der Waals surface area contributed by atoms with E-state index in [-0.39, 0.29) is 48.7 Å². The summed E-state index contributed by atoms with van der Waals surface area (Å²) < 4.78 is 17.3. The molecular formula is C36H53ClN8O6. The molecule has 2 aliphatic rings. The zero-order chi connectivity index (χ0) is 36.3. The first-order valence-electron chi connectivity index (χ1n) is 17.0. The zero-order valence-corrected chi connectivity index (χ0v) is 30.6. The van der Waals surface area contributed by atoms with Gasteiger partial charge < -0.3 is 42.2 Å². The molecule has 280 valence electrons. The van der Waals surface area contributed by atoms with Crippen molar-refractivity contribution in [3.63, 3.8) is 0 Å². The number of rotatable bonds is 9. The lowest BCUT2D eigenvalue weighted by atomic mass is 10.1. The number of anilines is 1. The number of likely N-dealkylation sites (tertiary alicyclic amines) is 2. The van der Waals surface area contributed by atoms with E-state index in [2.05, 4.69) is 16.4 Å². The molecule has 1 aromatic heterocycles. The number of piperidine rings is 2. The maximum Gasteiger partial charge on any atom is 0.410 e. The Morgan fingerprint density at radius 1 is 0.863 bits per heavy atom. The minimum Gasteiger partial charge on any atom is -1.00 e. The van der Waals surface area contributed by atoms with E-state index in [0.717, 1.165) is 55.6 Å². The number of nitrogens with one attached hydrogen (secondary N) is 2. The molecule has 2 saturated heterocycles. The monoisotopic (exact) mass is 728 g/mol. The normalized spacial score (nSPS) is 14.4. The van der Waals surface area contributed by atoms with Crippen LogP contribution in [0.2, 0.25) is 0 Å². The van der Waals surface area contributed by atoms with Crippen molar-refractivity contribution in [1.82, 2.24) is 25.0 Å². The average molecular weight is 729 g/mol. The molecule has 0 unspecified atom stereocenters. The maximum absolute atomic E-state index is 12.1. The van der Waals surface area contributed by atoms with Crippen LogP contribution in [0.4, 0.5) is 15.4 Å². The van der Waals surface area contributed by atoms with E-state index >= 15 is 0 Å². The number of Topliss-reactive ketones (excluding diaryl/α,β-unsaturated/α-hetero) is 1. The lowest BCUT2D eigenvalue weighted by molar-refractivity contribution is -0.453. The van der Waals surface area contributed by atoms with E-state index in [9.17, 15) is 14.4 Å². The molecule has 0 atom stereocenters. The lowest BCUT2D eigenvalue weighted by Gasteiger charge is -2.31. The molecule has 0 radical (unpaired) electrons. The van der Waals surface area contributed by atoms with Crippen molar-refractivity contribution in [2.24, 2.45) is 0 Å². The van der Waals surface area contributed by atoms with Gasteiger partial charge in [-0.05, 0) is 57.6 Å². The van der Waals surface area contributed by atoms with Crippen molar-refractivity contribution < 1.29 is 46.8 Å². The summed E-state index contributed by atoms with van der Waals surface area (Å²) in [4.78, 5) is 37.8. The van der Waals surface area contributed by atoms with Crippen LogP contribution in [0.15, 0.2) is 66.7 Å². The third-order valence-electron chi connectivity index (χ3n) is 8.14. The van der Waals surface area contributed by atoms with Gasteiger partial charge in [0.2, 0.25) is 0 Å². The molecule has 3 heterocycles. The van der Waals surface area contributed by atoms with Crippen molar-refractivity contribution in [3.05, 3.63) is 83.6 Å². The number of benzene rings is 2. The summed E-state index contributed by atoms with van der Waals surface area (Å²) in [5, 5.41) is 11.4. The molecule has 51 heavy (non-hydrogen) atoms. The van der Waals surface area contributed by atoms with Gasteiger partial charge in [0.1, 0.15) is 24.8 Å². The summed E-state index contributed by atoms with van der Waals surface area (Å²) >= 11 is 0. The lowest BCUT2D eigenvalue weighted by Crippen LogP contribution is -3.00. The van der Waals surface area contributed by atoms with Crippen molar-refractivity contribution >= 4 is 29.7 Å². The molecule has 0 aliphatic carbocycles. The van der Waals surface area contributed by atoms with Gasteiger partial charge >= 0.3 is 12.2 Å². The number of carbonyl (C=O) groups is 3. The van der Waals surface area contributed by atoms with Crippen molar-refractivity contribution in [3.8, 4) is 0 Å². The van der Waals surface area contributed by atoms with Crippen LogP contribution < -0.4 is 29.4 Å². The number of aryl methyl sites for hydroxylation is 1. The van der Waals surface area contributed by atoms with E-state index < -0.39 is 0 Å². The highest BCUT2D eigenvalue weighted by Gasteiger charge is 2.26. The number of aromatic nitrogens is 2. The molecule has 2 amide bonds. The first-order chi connectivity index (χ1) is 24.1. The molecule has 2 fully saturated rings. The fourth-order valence-electron chi connectivity index (χ4n) is 5.46. The Labute approximate surface area is 306 Å². The van der Waals surface area contributed by atoms with E-state index in [1.807, 2.05) is 78.3 Å². The van der Waals surface area contributed by atoms with Crippen LogP contribution in [0.5, 0.6) is 0 Å². The summed E-state index contributed by atoms with van der Waals surface area (Å²) in [6, 6.07) is 22.0. The van der Waals surface area contributed by atoms with Gasteiger partial charge in [-0.3, -0.25) is 16.0 Å². The standard InChI is InChI=1S/C17H22N4O2.C13H19N3O2.C6H11NO2.ClH/c1-13-11-16(18)21(19-13)15-7-9-20(10-8-15)17(22)23-12-14-5-3-2-4-6-14;14-15-12-6-8-16(9-7-12)13(17)18-10-11-4-2-1-3-5-11;1-3-9-6(7)4-5(2)8;/h2-6,11,15H,7-10,12,18H2,1H3;1-5,12,15H,6-10,14H2;7H,3-4H2,1-2H3;1H. The third kappa shape index (κ3) is 15.4. The predicted molar refractivity (Wildman–Crippen MR) is 190 cm³/mol. The molecule has 5 rings (SSSR count).